The summed E-state index contributed by atoms with van der Waals surface area (Å²) in [4.78, 5) is 11.0. The molecule has 0 fully saturated rings. The molecule has 2 aromatic carbocycles. The Labute approximate surface area is 135 Å². The molecule has 0 aliphatic carbocycles. The lowest BCUT2D eigenvalue weighted by Gasteiger charge is -2.08. The number of carbonyl (C=O) groups is 1. The Morgan fingerprint density at radius 2 is 2.00 bits per heavy atom. The highest BCUT2D eigenvalue weighted by Crippen LogP contribution is 2.22. The van der Waals surface area contributed by atoms with Gasteiger partial charge in [-0.2, -0.15) is 0 Å². The van der Waals surface area contributed by atoms with Gasteiger partial charge in [0.2, 0.25) is 5.91 Å². The predicted octanol–water partition coefficient (Wildman–Crippen LogP) is 3.99. The van der Waals surface area contributed by atoms with Crippen LogP contribution in [0.1, 0.15) is 25.3 Å². The molecule has 0 bridgehead atoms. The van der Waals surface area contributed by atoms with Gasteiger partial charge in [0.25, 0.3) is 0 Å². The second-order valence-corrected chi connectivity index (χ2v) is 4.95. The average Bonchev–Trinajstić information content (AvgIpc) is 2.54. The van der Waals surface area contributed by atoms with Crippen molar-refractivity contribution in [2.75, 3.05) is 11.9 Å². The number of nitrogens with one attached hydrogen (secondary N) is 1. The molecule has 0 unspecified atom stereocenters. The van der Waals surface area contributed by atoms with Crippen LogP contribution in [0.15, 0.2) is 48.5 Å². The Morgan fingerprint density at radius 3 is 2.74 bits per heavy atom. The highest BCUT2D eigenvalue weighted by molar-refractivity contribution is 5.88. The van der Waals surface area contributed by atoms with E-state index in [0.29, 0.717) is 25.1 Å². The molecule has 0 saturated carbocycles. The van der Waals surface area contributed by atoms with Crippen LogP contribution in [0.2, 0.25) is 0 Å². The van der Waals surface area contributed by atoms with Gasteiger partial charge in [-0.05, 0) is 30.7 Å². The maximum atomic E-state index is 13.6. The number of halogens is 1. The maximum absolute atomic E-state index is 13.6. The van der Waals surface area contributed by atoms with Gasteiger partial charge in [0.05, 0.1) is 6.61 Å². The van der Waals surface area contributed by atoms with E-state index in [2.05, 4.69) is 17.2 Å². The third-order valence-electron chi connectivity index (χ3n) is 2.96. The van der Waals surface area contributed by atoms with Crippen molar-refractivity contribution in [3.63, 3.8) is 0 Å². The number of anilines is 1. The third-order valence-corrected chi connectivity index (χ3v) is 2.96. The lowest BCUT2D eigenvalue weighted by molar-refractivity contribution is -0.114. The topological polar surface area (TPSA) is 38.3 Å². The molecule has 0 aliphatic rings. The van der Waals surface area contributed by atoms with Gasteiger partial charge in [0, 0.05) is 30.7 Å². The fourth-order valence-corrected chi connectivity index (χ4v) is 1.92. The van der Waals surface area contributed by atoms with Crippen LogP contribution in [-0.4, -0.2) is 12.5 Å². The van der Waals surface area contributed by atoms with Crippen LogP contribution in [0.3, 0.4) is 0 Å². The van der Waals surface area contributed by atoms with Gasteiger partial charge in [-0.1, -0.05) is 30.0 Å². The number of hydrogen-bond acceptors (Lipinski definition) is 2. The van der Waals surface area contributed by atoms with Crippen molar-refractivity contribution in [3.05, 3.63) is 59.9 Å². The lowest BCUT2D eigenvalue weighted by Crippen LogP contribution is -2.06. The zero-order chi connectivity index (χ0) is 16.5. The standard InChI is InChI=1S/C19H18FNO2/c1-15(22)21-17-11-12-18(20)19(14-17)23-13-7-3-6-10-16-8-4-2-5-9-16/h2,4-5,8-9,11-12,14H,3,7,13H2,1H3,(H,21,22). The molecule has 0 saturated heterocycles. The summed E-state index contributed by atoms with van der Waals surface area (Å²) in [7, 11) is 0. The van der Waals surface area contributed by atoms with Crippen LogP contribution >= 0.6 is 0 Å². The zero-order valence-electron chi connectivity index (χ0n) is 12.9. The van der Waals surface area contributed by atoms with E-state index in [0.717, 1.165) is 5.56 Å². The summed E-state index contributed by atoms with van der Waals surface area (Å²) >= 11 is 0. The van der Waals surface area contributed by atoms with Gasteiger partial charge < -0.3 is 10.1 Å². The Kier molecular flexibility index (Phi) is 6.19. The lowest BCUT2D eigenvalue weighted by atomic mass is 10.2. The minimum absolute atomic E-state index is 0.132. The second kappa shape index (κ2) is 8.60. The number of unbranched alkanes of at least 4 members (excludes halogenated alkanes) is 1. The Bertz CT molecular complexity index is 717. The summed E-state index contributed by atoms with van der Waals surface area (Å²) in [5.41, 5.74) is 1.49. The van der Waals surface area contributed by atoms with E-state index in [1.54, 1.807) is 0 Å². The number of rotatable bonds is 5. The molecule has 118 valence electrons. The van der Waals surface area contributed by atoms with Crippen LogP contribution in [0.4, 0.5) is 10.1 Å². The quantitative estimate of drug-likeness (QED) is 0.669. The van der Waals surface area contributed by atoms with E-state index in [1.165, 1.54) is 25.1 Å². The van der Waals surface area contributed by atoms with Crippen molar-refractivity contribution in [1.29, 1.82) is 0 Å². The molecule has 0 aromatic heterocycles. The number of hydrogen-bond donors (Lipinski definition) is 1. The van der Waals surface area contributed by atoms with Crippen molar-refractivity contribution in [3.8, 4) is 17.6 Å². The normalized spacial score (nSPS) is 9.65. The fraction of sp³-hybridized carbons (Fsp3) is 0.211. The fourth-order valence-electron chi connectivity index (χ4n) is 1.92. The van der Waals surface area contributed by atoms with Crippen molar-refractivity contribution < 1.29 is 13.9 Å². The van der Waals surface area contributed by atoms with Gasteiger partial charge in [-0.3, -0.25) is 4.79 Å². The first-order valence-electron chi connectivity index (χ1n) is 7.39. The largest absolute Gasteiger partial charge is 0.490 e. The molecule has 1 amide bonds. The van der Waals surface area contributed by atoms with Crippen molar-refractivity contribution in [1.82, 2.24) is 0 Å². The molecule has 0 atom stereocenters. The maximum Gasteiger partial charge on any atom is 0.221 e. The molecule has 0 aliphatic heterocycles. The SMILES string of the molecule is CC(=O)Nc1ccc(F)c(OCCCC#Cc2ccccc2)c1. The minimum atomic E-state index is -0.450. The molecule has 1 N–H and O–H groups in total. The molecule has 2 rings (SSSR count). The smallest absolute Gasteiger partial charge is 0.221 e. The average molecular weight is 311 g/mol. The molecule has 4 heteroatoms. The summed E-state index contributed by atoms with van der Waals surface area (Å²) in [5.74, 6) is 5.59. The molecular formula is C19H18FNO2. The van der Waals surface area contributed by atoms with E-state index >= 15 is 0 Å². The third kappa shape index (κ3) is 5.84. The summed E-state index contributed by atoms with van der Waals surface area (Å²) in [6, 6.07) is 14.0. The summed E-state index contributed by atoms with van der Waals surface area (Å²) in [6.07, 6.45) is 1.37. The number of ether oxygens (including phenoxy) is 1. The zero-order valence-corrected chi connectivity index (χ0v) is 12.9. The summed E-state index contributed by atoms with van der Waals surface area (Å²) in [5, 5.41) is 2.59. The predicted molar refractivity (Wildman–Crippen MR) is 88.8 cm³/mol. The number of carbonyl (C=O) groups excluding carboxylic acids is 1. The number of amides is 1. The van der Waals surface area contributed by atoms with E-state index in [4.69, 9.17) is 4.74 Å². The second-order valence-electron chi connectivity index (χ2n) is 4.95. The van der Waals surface area contributed by atoms with E-state index in [1.807, 2.05) is 30.3 Å². The van der Waals surface area contributed by atoms with Crippen molar-refractivity contribution >= 4 is 11.6 Å². The van der Waals surface area contributed by atoms with Gasteiger partial charge in [-0.15, -0.1) is 0 Å². The monoisotopic (exact) mass is 311 g/mol. The Balaban J connectivity index is 1.80. The molecule has 0 spiro atoms. The van der Waals surface area contributed by atoms with Crippen LogP contribution < -0.4 is 10.1 Å². The van der Waals surface area contributed by atoms with Crippen LogP contribution in [0.5, 0.6) is 5.75 Å². The molecule has 0 heterocycles. The minimum Gasteiger partial charge on any atom is -0.490 e. The van der Waals surface area contributed by atoms with Crippen LogP contribution in [-0.2, 0) is 4.79 Å². The van der Waals surface area contributed by atoms with E-state index in [9.17, 15) is 9.18 Å². The summed E-state index contributed by atoms with van der Waals surface area (Å²) < 4.78 is 19.1. The van der Waals surface area contributed by atoms with Gasteiger partial charge >= 0.3 is 0 Å². The van der Waals surface area contributed by atoms with Gasteiger partial charge in [0.15, 0.2) is 11.6 Å². The molecule has 2 aromatic rings. The number of benzene rings is 2. The Morgan fingerprint density at radius 1 is 1.22 bits per heavy atom. The molecular weight excluding hydrogens is 293 g/mol. The van der Waals surface area contributed by atoms with Crippen LogP contribution in [0, 0.1) is 17.7 Å². The first-order chi connectivity index (χ1) is 11.1. The van der Waals surface area contributed by atoms with E-state index < -0.39 is 5.82 Å². The summed E-state index contributed by atoms with van der Waals surface area (Å²) in [6.45, 7) is 1.76. The van der Waals surface area contributed by atoms with Gasteiger partial charge in [-0.25, -0.2) is 4.39 Å². The molecule has 3 nitrogen and oxygen atoms in total. The first kappa shape index (κ1) is 16.6. The molecule has 0 radical (unpaired) electrons. The highest BCUT2D eigenvalue weighted by Gasteiger charge is 2.05. The Hall–Kier alpha value is -2.80. The molecule has 23 heavy (non-hydrogen) atoms. The van der Waals surface area contributed by atoms with Gasteiger partial charge in [0.1, 0.15) is 0 Å². The van der Waals surface area contributed by atoms with E-state index in [-0.39, 0.29) is 11.7 Å². The van der Waals surface area contributed by atoms with Crippen LogP contribution in [0.25, 0.3) is 0 Å². The van der Waals surface area contributed by atoms with Crippen molar-refractivity contribution in [2.24, 2.45) is 0 Å². The highest BCUT2D eigenvalue weighted by atomic mass is 19.1. The first-order valence-corrected chi connectivity index (χ1v) is 7.39. The van der Waals surface area contributed by atoms with Crippen molar-refractivity contribution in [2.45, 2.75) is 19.8 Å².